The largest absolute Gasteiger partial charge is 0.507 e. The number of hydrogen-bond donors (Lipinski definition) is 1. The van der Waals surface area contributed by atoms with Crippen LogP contribution in [0.25, 0.3) is 11.3 Å². The fraction of sp³-hybridized carbons (Fsp3) is 0.476. The Hall–Kier alpha value is -2.85. The molecule has 0 spiro atoms. The van der Waals surface area contributed by atoms with Gasteiger partial charge < -0.3 is 19.8 Å². The first kappa shape index (κ1) is 18.5. The Balaban J connectivity index is 1.76. The van der Waals surface area contributed by atoms with Crippen molar-refractivity contribution in [1.82, 2.24) is 15.1 Å². The maximum absolute atomic E-state index is 10.4. The molecule has 1 fully saturated rings. The Morgan fingerprint density at radius 2 is 2.00 bits per heavy atom. The van der Waals surface area contributed by atoms with Crippen LogP contribution in [-0.2, 0) is 0 Å². The van der Waals surface area contributed by atoms with Gasteiger partial charge in [-0.1, -0.05) is 0 Å². The molecule has 0 saturated carbocycles. The highest BCUT2D eigenvalue weighted by Gasteiger charge is 2.32. The van der Waals surface area contributed by atoms with E-state index in [2.05, 4.69) is 39.0 Å². The molecule has 1 aromatic heterocycles. The number of benzene rings is 1. The van der Waals surface area contributed by atoms with Gasteiger partial charge >= 0.3 is 0 Å². The SMILES string of the molecule is Cc1c(-c2ccc(C#N)cc2O)nnc2c1N(C)CCN2[C@@H]1CCCN(C)C1. The normalized spacial score (nSPS) is 20.0. The Morgan fingerprint density at radius 3 is 2.71 bits per heavy atom. The van der Waals surface area contributed by atoms with Crippen LogP contribution in [0.4, 0.5) is 11.5 Å². The van der Waals surface area contributed by atoms with Crippen molar-refractivity contribution in [1.29, 1.82) is 5.26 Å². The number of nitriles is 1. The summed E-state index contributed by atoms with van der Waals surface area (Å²) in [6.07, 6.45) is 2.37. The molecular weight excluding hydrogens is 352 g/mol. The third-order valence-corrected chi connectivity index (χ3v) is 5.92. The van der Waals surface area contributed by atoms with Gasteiger partial charge in [-0.2, -0.15) is 5.26 Å². The van der Waals surface area contributed by atoms with Crippen LogP contribution in [-0.4, -0.2) is 66.5 Å². The van der Waals surface area contributed by atoms with Crippen molar-refractivity contribution in [3.05, 3.63) is 29.3 Å². The lowest BCUT2D eigenvalue weighted by atomic mass is 10.00. The second-order valence-electron chi connectivity index (χ2n) is 7.86. The van der Waals surface area contributed by atoms with Gasteiger partial charge in [-0.15, -0.1) is 10.2 Å². The fourth-order valence-electron chi connectivity index (χ4n) is 4.43. The van der Waals surface area contributed by atoms with E-state index in [0.29, 0.717) is 22.9 Å². The average Bonchev–Trinajstić information content (AvgIpc) is 2.68. The summed E-state index contributed by atoms with van der Waals surface area (Å²) in [5, 5.41) is 28.6. The number of anilines is 2. The Morgan fingerprint density at radius 1 is 1.18 bits per heavy atom. The average molecular weight is 378 g/mol. The molecule has 0 unspecified atom stereocenters. The predicted molar refractivity (Wildman–Crippen MR) is 110 cm³/mol. The fourth-order valence-corrected chi connectivity index (χ4v) is 4.43. The summed E-state index contributed by atoms with van der Waals surface area (Å²) in [4.78, 5) is 7.02. The number of aromatic hydroxyl groups is 1. The van der Waals surface area contributed by atoms with Crippen molar-refractivity contribution >= 4 is 11.5 Å². The Bertz CT molecular complexity index is 937. The Labute approximate surface area is 165 Å². The molecule has 1 N–H and O–H groups in total. The number of hydrogen-bond acceptors (Lipinski definition) is 7. The van der Waals surface area contributed by atoms with Crippen molar-refractivity contribution < 1.29 is 5.11 Å². The second kappa shape index (κ2) is 7.28. The van der Waals surface area contributed by atoms with Crippen LogP contribution >= 0.6 is 0 Å². The molecule has 2 aromatic rings. The summed E-state index contributed by atoms with van der Waals surface area (Å²) in [5.74, 6) is 0.990. The van der Waals surface area contributed by atoms with Gasteiger partial charge in [0.25, 0.3) is 0 Å². The third kappa shape index (κ3) is 3.14. The topological polar surface area (TPSA) is 79.5 Å². The first-order valence-electron chi connectivity index (χ1n) is 9.76. The minimum Gasteiger partial charge on any atom is -0.507 e. The van der Waals surface area contributed by atoms with Gasteiger partial charge in [-0.3, -0.25) is 0 Å². The zero-order valence-electron chi connectivity index (χ0n) is 16.7. The highest BCUT2D eigenvalue weighted by atomic mass is 16.3. The molecule has 3 heterocycles. The zero-order chi connectivity index (χ0) is 19.8. The van der Waals surface area contributed by atoms with Crippen molar-refractivity contribution in [3.8, 4) is 23.1 Å². The summed E-state index contributed by atoms with van der Waals surface area (Å²) in [6.45, 7) is 6.10. The van der Waals surface area contributed by atoms with E-state index >= 15 is 0 Å². The van der Waals surface area contributed by atoms with E-state index in [0.717, 1.165) is 43.2 Å². The van der Waals surface area contributed by atoms with E-state index < -0.39 is 0 Å². The van der Waals surface area contributed by atoms with E-state index in [-0.39, 0.29) is 5.75 Å². The molecule has 2 aliphatic rings. The molecule has 7 heteroatoms. The summed E-state index contributed by atoms with van der Waals surface area (Å²) >= 11 is 0. The summed E-state index contributed by atoms with van der Waals surface area (Å²) < 4.78 is 0. The molecule has 1 atom stereocenters. The van der Waals surface area contributed by atoms with E-state index in [4.69, 9.17) is 5.26 Å². The molecule has 0 radical (unpaired) electrons. The van der Waals surface area contributed by atoms with Crippen LogP contribution in [0, 0.1) is 18.3 Å². The molecular formula is C21H26N6O. The standard InChI is InChI=1S/C21H26N6O/c1-14-19(17-7-6-15(12-22)11-18(17)28)23-24-21-20(14)26(3)9-10-27(21)16-5-4-8-25(2)13-16/h6-7,11,16,28H,4-5,8-10,13H2,1-3H3/t16-/m1/s1. The molecule has 7 nitrogen and oxygen atoms in total. The van der Waals surface area contributed by atoms with Gasteiger partial charge in [-0.25, -0.2) is 0 Å². The lowest BCUT2D eigenvalue weighted by Crippen LogP contribution is -2.52. The van der Waals surface area contributed by atoms with Crippen LogP contribution in [0.3, 0.4) is 0 Å². The zero-order valence-corrected chi connectivity index (χ0v) is 16.7. The molecule has 1 aromatic carbocycles. The van der Waals surface area contributed by atoms with Crippen LogP contribution in [0.1, 0.15) is 24.0 Å². The molecule has 0 aliphatic carbocycles. The number of nitrogens with zero attached hydrogens (tertiary/aromatic N) is 6. The molecule has 146 valence electrons. The number of likely N-dealkylation sites (tertiary alicyclic amines) is 1. The maximum Gasteiger partial charge on any atom is 0.175 e. The minimum atomic E-state index is 0.0561. The number of likely N-dealkylation sites (N-methyl/N-ethyl adjacent to an activating group) is 2. The number of phenols is 1. The van der Waals surface area contributed by atoms with Gasteiger partial charge in [0.15, 0.2) is 5.82 Å². The molecule has 0 bridgehead atoms. The highest BCUT2D eigenvalue weighted by molar-refractivity contribution is 5.81. The smallest absolute Gasteiger partial charge is 0.175 e. The lowest BCUT2D eigenvalue weighted by molar-refractivity contribution is 0.243. The first-order chi connectivity index (χ1) is 13.5. The van der Waals surface area contributed by atoms with Crippen LogP contribution in [0.2, 0.25) is 0 Å². The van der Waals surface area contributed by atoms with Crippen LogP contribution in [0.15, 0.2) is 18.2 Å². The van der Waals surface area contributed by atoms with Crippen molar-refractivity contribution in [2.45, 2.75) is 25.8 Å². The van der Waals surface area contributed by atoms with Gasteiger partial charge in [0.2, 0.25) is 0 Å². The third-order valence-electron chi connectivity index (χ3n) is 5.92. The van der Waals surface area contributed by atoms with Gasteiger partial charge in [0.1, 0.15) is 11.4 Å². The monoisotopic (exact) mass is 378 g/mol. The van der Waals surface area contributed by atoms with Crippen LogP contribution in [0.5, 0.6) is 5.75 Å². The van der Waals surface area contributed by atoms with E-state index in [9.17, 15) is 5.11 Å². The molecule has 1 saturated heterocycles. The Kier molecular flexibility index (Phi) is 4.82. The van der Waals surface area contributed by atoms with E-state index in [1.165, 1.54) is 18.9 Å². The summed E-state index contributed by atoms with van der Waals surface area (Å²) in [5.41, 5.74) is 3.77. The van der Waals surface area contributed by atoms with E-state index in [1.54, 1.807) is 12.1 Å². The number of phenolic OH excluding ortho intramolecular Hbond substituents is 1. The van der Waals surface area contributed by atoms with Crippen molar-refractivity contribution in [2.75, 3.05) is 50.1 Å². The minimum absolute atomic E-state index is 0.0561. The van der Waals surface area contributed by atoms with Gasteiger partial charge in [0, 0.05) is 43.9 Å². The number of fused-ring (bicyclic) bond motifs is 1. The predicted octanol–water partition coefficient (Wildman–Crippen LogP) is 2.38. The first-order valence-corrected chi connectivity index (χ1v) is 9.76. The molecule has 0 amide bonds. The molecule has 4 rings (SSSR count). The number of rotatable bonds is 2. The number of piperidine rings is 1. The quantitative estimate of drug-likeness (QED) is 0.859. The number of aromatic nitrogens is 2. The molecule has 28 heavy (non-hydrogen) atoms. The summed E-state index contributed by atoms with van der Waals surface area (Å²) in [6, 6.07) is 7.42. The second-order valence-corrected chi connectivity index (χ2v) is 7.86. The lowest BCUT2D eigenvalue weighted by Gasteiger charge is -2.44. The van der Waals surface area contributed by atoms with Crippen molar-refractivity contribution in [2.24, 2.45) is 0 Å². The highest BCUT2D eigenvalue weighted by Crippen LogP contribution is 2.40. The molecule has 2 aliphatic heterocycles. The maximum atomic E-state index is 10.4. The van der Waals surface area contributed by atoms with Gasteiger partial charge in [-0.05, 0) is 51.6 Å². The van der Waals surface area contributed by atoms with Gasteiger partial charge in [0.05, 0.1) is 17.3 Å². The van der Waals surface area contributed by atoms with E-state index in [1.807, 2.05) is 13.0 Å². The summed E-state index contributed by atoms with van der Waals surface area (Å²) in [7, 11) is 4.26. The van der Waals surface area contributed by atoms with Crippen molar-refractivity contribution in [3.63, 3.8) is 0 Å². The van der Waals surface area contributed by atoms with Crippen LogP contribution < -0.4 is 9.80 Å².